The van der Waals surface area contributed by atoms with Gasteiger partial charge < -0.3 is 14.6 Å². The number of rotatable bonds is 9. The van der Waals surface area contributed by atoms with Crippen LogP contribution >= 0.6 is 34.8 Å². The maximum Gasteiger partial charge on any atom is 0.260 e. The molecule has 0 aromatic heterocycles. The van der Waals surface area contributed by atoms with Gasteiger partial charge in [-0.25, -0.2) is 0 Å². The number of carbonyl (C=O) groups excluding carboxylic acids is 4. The van der Waals surface area contributed by atoms with Crippen LogP contribution in [0.3, 0.4) is 0 Å². The zero-order valence-electron chi connectivity index (χ0n) is 28.9. The Hall–Kier alpha value is -4.87. The van der Waals surface area contributed by atoms with Crippen LogP contribution < -0.4 is 19.8 Å². The minimum atomic E-state index is -1.50. The van der Waals surface area contributed by atoms with Crippen molar-refractivity contribution in [3.8, 4) is 11.5 Å². The van der Waals surface area contributed by atoms with Crippen molar-refractivity contribution in [1.82, 2.24) is 5.01 Å². The van der Waals surface area contributed by atoms with Gasteiger partial charge in [0, 0.05) is 16.0 Å². The lowest BCUT2D eigenvalue weighted by molar-refractivity contribution is -0.138. The van der Waals surface area contributed by atoms with Crippen LogP contribution in [-0.4, -0.2) is 54.1 Å². The molecular formula is C41H34Cl3N3O7. The van der Waals surface area contributed by atoms with E-state index in [0.29, 0.717) is 44.0 Å². The Morgan fingerprint density at radius 2 is 1.50 bits per heavy atom. The molecule has 4 aromatic carbocycles. The number of allylic oxidation sites excluding steroid dienone is 2. The molecule has 3 fully saturated rings. The van der Waals surface area contributed by atoms with Crippen molar-refractivity contribution in [2.75, 3.05) is 30.6 Å². The summed E-state index contributed by atoms with van der Waals surface area (Å²) >= 11 is 18.9. The number of carbonyl (C=O) groups is 4. The third-order valence-corrected chi connectivity index (χ3v) is 12.0. The lowest BCUT2D eigenvalue weighted by Crippen LogP contribution is -2.53. The molecule has 0 unspecified atom stereocenters. The number of hydrazine groups is 1. The standard InChI is InChI=1S/C41H34Cl3N3O7/c1-53-27-13-4-23(5-14-27)41-32(38(50)47(40(41)52)45-34-17-8-25(43)20-33(34)44)21-31-29(36(41)22-2-11-28(12-3-22)54-19-18-48)15-16-30-35(31)39(51)46(37(30)49)26-9-6-24(42)7-10-26/h2-15,17,20,30-32,35-36,45,48H,16,18-19,21H2,1H3/t30-,31+,32-,35-,36-,41+/m0/s1. The minimum absolute atomic E-state index is 0.0953. The Balaban J connectivity index is 1.31. The SMILES string of the molecule is COc1ccc([C@@]23C(=O)N(Nc4ccc(Cl)cc4Cl)C(=O)[C@@H]2C[C@@H]2C(=CC[C@@H]4C(=O)N(c5ccc(Cl)cc5)C(=O)[C@@H]42)[C@@H]3c2ccc(OCCO)cc2)cc1. The summed E-state index contributed by atoms with van der Waals surface area (Å²) in [5.74, 6) is -4.29. The van der Waals surface area contributed by atoms with Gasteiger partial charge in [0.15, 0.2) is 0 Å². The zero-order valence-corrected chi connectivity index (χ0v) is 31.1. The summed E-state index contributed by atoms with van der Waals surface area (Å²) in [4.78, 5) is 60.1. The van der Waals surface area contributed by atoms with Crippen LogP contribution in [0.4, 0.5) is 11.4 Å². The van der Waals surface area contributed by atoms with Crippen molar-refractivity contribution in [3.05, 3.63) is 129 Å². The zero-order chi connectivity index (χ0) is 37.9. The number of imide groups is 2. The lowest BCUT2D eigenvalue weighted by Gasteiger charge is -2.50. The number of hydrogen-bond donors (Lipinski definition) is 2. The molecule has 0 bridgehead atoms. The molecule has 4 amide bonds. The molecule has 2 heterocycles. The van der Waals surface area contributed by atoms with Crippen molar-refractivity contribution in [3.63, 3.8) is 0 Å². The number of nitrogens with one attached hydrogen (secondary N) is 1. The number of aliphatic hydroxyl groups excluding tert-OH is 1. The van der Waals surface area contributed by atoms with E-state index in [-0.39, 0.29) is 42.9 Å². The molecule has 54 heavy (non-hydrogen) atoms. The van der Waals surface area contributed by atoms with Gasteiger partial charge in [0.25, 0.3) is 11.8 Å². The number of amides is 4. The molecule has 2 aliphatic carbocycles. The van der Waals surface area contributed by atoms with Crippen LogP contribution in [-0.2, 0) is 24.6 Å². The highest BCUT2D eigenvalue weighted by Crippen LogP contribution is 2.64. The highest BCUT2D eigenvalue weighted by molar-refractivity contribution is 6.36. The fraction of sp³-hybridized carbons (Fsp3) is 0.268. The maximum absolute atomic E-state index is 15.4. The van der Waals surface area contributed by atoms with Gasteiger partial charge in [-0.1, -0.05) is 70.7 Å². The first-order valence-corrected chi connectivity index (χ1v) is 18.6. The van der Waals surface area contributed by atoms with E-state index in [1.807, 2.05) is 18.2 Å². The number of methoxy groups -OCH3 is 1. The molecule has 10 nitrogen and oxygen atoms in total. The number of nitrogens with zero attached hydrogens (tertiary/aromatic N) is 2. The molecule has 6 atom stereocenters. The number of benzene rings is 4. The first-order chi connectivity index (χ1) is 26.1. The van der Waals surface area contributed by atoms with Crippen LogP contribution in [0.5, 0.6) is 11.5 Å². The smallest absolute Gasteiger partial charge is 0.260 e. The Labute approximate surface area is 326 Å². The highest BCUT2D eigenvalue weighted by Gasteiger charge is 2.70. The molecule has 0 spiro atoms. The van der Waals surface area contributed by atoms with Gasteiger partial charge in [-0.3, -0.25) is 29.5 Å². The van der Waals surface area contributed by atoms with Gasteiger partial charge in [-0.05, 0) is 96.6 Å². The number of aliphatic hydroxyl groups is 1. The molecular weight excluding hydrogens is 753 g/mol. The summed E-state index contributed by atoms with van der Waals surface area (Å²) in [6.07, 6.45) is 2.39. The summed E-state index contributed by atoms with van der Waals surface area (Å²) in [5.41, 5.74) is 4.33. The highest BCUT2D eigenvalue weighted by atomic mass is 35.5. The van der Waals surface area contributed by atoms with E-state index < -0.39 is 46.8 Å². The number of hydrogen-bond acceptors (Lipinski definition) is 8. The molecule has 2 N–H and O–H groups in total. The van der Waals surface area contributed by atoms with E-state index in [1.165, 1.54) is 11.0 Å². The van der Waals surface area contributed by atoms with Crippen LogP contribution in [0.1, 0.15) is 29.9 Å². The largest absolute Gasteiger partial charge is 0.497 e. The predicted molar refractivity (Wildman–Crippen MR) is 204 cm³/mol. The second-order valence-corrected chi connectivity index (χ2v) is 15.1. The van der Waals surface area contributed by atoms with E-state index >= 15 is 4.79 Å². The average Bonchev–Trinajstić information content (AvgIpc) is 3.56. The molecule has 2 aliphatic heterocycles. The molecule has 2 saturated heterocycles. The number of fused-ring (bicyclic) bond motifs is 4. The first-order valence-electron chi connectivity index (χ1n) is 17.5. The molecule has 8 rings (SSSR count). The van der Waals surface area contributed by atoms with Crippen molar-refractivity contribution in [2.24, 2.45) is 23.7 Å². The van der Waals surface area contributed by atoms with Crippen molar-refractivity contribution >= 4 is 69.8 Å². The van der Waals surface area contributed by atoms with Gasteiger partial charge in [0.2, 0.25) is 11.8 Å². The van der Waals surface area contributed by atoms with Gasteiger partial charge in [0.05, 0.1) is 53.3 Å². The Morgan fingerprint density at radius 3 is 2.17 bits per heavy atom. The summed E-state index contributed by atoms with van der Waals surface area (Å²) < 4.78 is 11.2. The normalized spacial score (nSPS) is 25.9. The molecule has 1 saturated carbocycles. The summed E-state index contributed by atoms with van der Waals surface area (Å²) in [7, 11) is 1.55. The molecule has 4 aromatic rings. The van der Waals surface area contributed by atoms with Crippen LogP contribution in [0.2, 0.25) is 15.1 Å². The van der Waals surface area contributed by atoms with E-state index in [1.54, 1.807) is 79.9 Å². The summed E-state index contributed by atoms with van der Waals surface area (Å²) in [6, 6.07) is 25.6. The van der Waals surface area contributed by atoms with Gasteiger partial charge in [-0.15, -0.1) is 0 Å². The maximum atomic E-state index is 15.4. The fourth-order valence-electron chi connectivity index (χ4n) is 8.98. The predicted octanol–water partition coefficient (Wildman–Crippen LogP) is 7.22. The van der Waals surface area contributed by atoms with Crippen molar-refractivity contribution < 1.29 is 33.8 Å². The lowest BCUT2D eigenvalue weighted by atomic mass is 9.49. The first kappa shape index (κ1) is 36.1. The van der Waals surface area contributed by atoms with Gasteiger partial charge in [0.1, 0.15) is 18.1 Å². The quantitative estimate of drug-likeness (QED) is 0.135. The van der Waals surface area contributed by atoms with E-state index in [4.69, 9.17) is 44.3 Å². The summed E-state index contributed by atoms with van der Waals surface area (Å²) in [5, 5.41) is 11.5. The third kappa shape index (κ3) is 5.66. The molecule has 4 aliphatic rings. The number of halogens is 3. The minimum Gasteiger partial charge on any atom is -0.497 e. The Morgan fingerprint density at radius 1 is 0.815 bits per heavy atom. The Bertz CT molecular complexity index is 2200. The van der Waals surface area contributed by atoms with Crippen molar-refractivity contribution in [1.29, 1.82) is 0 Å². The van der Waals surface area contributed by atoms with Gasteiger partial charge >= 0.3 is 0 Å². The monoisotopic (exact) mass is 785 g/mol. The average molecular weight is 787 g/mol. The molecule has 276 valence electrons. The van der Waals surface area contributed by atoms with Crippen LogP contribution in [0.15, 0.2) is 103 Å². The van der Waals surface area contributed by atoms with Crippen molar-refractivity contribution in [2.45, 2.75) is 24.2 Å². The number of ether oxygens (including phenoxy) is 2. The van der Waals surface area contributed by atoms with Crippen LogP contribution in [0.25, 0.3) is 0 Å². The topological polar surface area (TPSA) is 125 Å². The van der Waals surface area contributed by atoms with E-state index in [2.05, 4.69) is 5.43 Å². The Kier molecular flexibility index (Phi) is 9.42. The number of anilines is 2. The van der Waals surface area contributed by atoms with E-state index in [0.717, 1.165) is 10.6 Å². The van der Waals surface area contributed by atoms with E-state index in [9.17, 15) is 19.5 Å². The summed E-state index contributed by atoms with van der Waals surface area (Å²) in [6.45, 7) is -0.0707. The second-order valence-electron chi connectivity index (χ2n) is 13.8. The molecule has 0 radical (unpaired) electrons. The van der Waals surface area contributed by atoms with Crippen LogP contribution in [0, 0.1) is 23.7 Å². The third-order valence-electron chi connectivity index (χ3n) is 11.2. The fourth-order valence-corrected chi connectivity index (χ4v) is 9.56. The molecule has 13 heteroatoms. The second kappa shape index (κ2) is 14.1. The van der Waals surface area contributed by atoms with Gasteiger partial charge in [-0.2, -0.15) is 5.01 Å².